The molecule has 1 aliphatic heterocycles. The van der Waals surface area contributed by atoms with Crippen LogP contribution < -0.4 is 0 Å². The Hall–Kier alpha value is -0.140. The Morgan fingerprint density at radius 2 is 2.54 bits per heavy atom. The molecule has 2 rings (SSSR count). The van der Waals surface area contributed by atoms with Gasteiger partial charge >= 0.3 is 0 Å². The lowest BCUT2D eigenvalue weighted by molar-refractivity contribution is -0.0765. The number of halogens is 1. The molecule has 0 atom stereocenters. The third-order valence-electron chi connectivity index (χ3n) is 1.79. The van der Waals surface area contributed by atoms with E-state index in [1.165, 1.54) is 16.4 Å². The molecule has 13 heavy (non-hydrogen) atoms. The second kappa shape index (κ2) is 3.93. The predicted octanol–water partition coefficient (Wildman–Crippen LogP) is 2.13. The average molecular weight is 309 g/mol. The van der Waals surface area contributed by atoms with Crippen molar-refractivity contribution in [3.05, 3.63) is 19.9 Å². The summed E-state index contributed by atoms with van der Waals surface area (Å²) < 4.78 is 1.00. The number of hydrogen-bond acceptors (Lipinski definition) is 3. The van der Waals surface area contributed by atoms with Gasteiger partial charge in [-0.05, 0) is 40.5 Å². The van der Waals surface area contributed by atoms with Crippen LogP contribution in [0, 0.1) is 3.57 Å². The van der Waals surface area contributed by atoms with Crippen molar-refractivity contribution in [2.75, 3.05) is 13.2 Å². The van der Waals surface area contributed by atoms with E-state index in [0.29, 0.717) is 13.2 Å². The molecule has 1 saturated heterocycles. The van der Waals surface area contributed by atoms with Crippen molar-refractivity contribution >= 4 is 39.8 Å². The summed E-state index contributed by atoms with van der Waals surface area (Å²) in [6, 6.07) is 1.94. The summed E-state index contributed by atoms with van der Waals surface area (Å²) >= 11 is 3.63. The van der Waals surface area contributed by atoms with Crippen molar-refractivity contribution in [1.82, 2.24) is 5.06 Å². The summed E-state index contributed by atoms with van der Waals surface area (Å²) in [5, 5.41) is 3.37. The first-order valence-corrected chi connectivity index (χ1v) is 5.92. The molecule has 0 saturated carbocycles. The van der Waals surface area contributed by atoms with Crippen molar-refractivity contribution in [1.29, 1.82) is 0 Å². The number of rotatable bonds is 1. The zero-order chi connectivity index (χ0) is 9.26. The van der Waals surface area contributed by atoms with Crippen LogP contribution in [0.25, 0.3) is 0 Å². The summed E-state index contributed by atoms with van der Waals surface area (Å²) in [7, 11) is 0. The summed E-state index contributed by atoms with van der Waals surface area (Å²) in [5.41, 5.74) is 0. The van der Waals surface area contributed by atoms with Crippen LogP contribution in [0.3, 0.4) is 0 Å². The van der Waals surface area contributed by atoms with Crippen molar-refractivity contribution in [3.63, 3.8) is 0 Å². The van der Waals surface area contributed by atoms with Crippen LogP contribution in [-0.2, 0) is 4.84 Å². The lowest BCUT2D eigenvalue weighted by Gasteiger charge is -2.12. The van der Waals surface area contributed by atoms with Gasteiger partial charge in [-0.1, -0.05) is 0 Å². The second-order valence-corrected chi connectivity index (χ2v) is 4.77. The molecule has 0 N–H and O–H groups in total. The molecule has 1 aliphatic rings. The van der Waals surface area contributed by atoms with E-state index < -0.39 is 0 Å². The number of hydrogen-bond donors (Lipinski definition) is 0. The van der Waals surface area contributed by atoms with Crippen LogP contribution in [0.15, 0.2) is 11.4 Å². The maximum absolute atomic E-state index is 11.7. The van der Waals surface area contributed by atoms with Crippen molar-refractivity contribution in [2.45, 2.75) is 6.42 Å². The van der Waals surface area contributed by atoms with Gasteiger partial charge in [-0.2, -0.15) is 0 Å². The predicted molar refractivity (Wildman–Crippen MR) is 58.6 cm³/mol. The van der Waals surface area contributed by atoms with Crippen LogP contribution >= 0.6 is 33.9 Å². The first-order chi connectivity index (χ1) is 6.29. The normalized spacial score (nSPS) is 16.5. The number of carbonyl (C=O) groups is 1. The standard InChI is InChI=1S/C8H8INO2S/c9-6-2-5-13-7(6)8(11)10-3-1-4-12-10/h2,5H,1,3-4H2. The van der Waals surface area contributed by atoms with E-state index in [2.05, 4.69) is 22.6 Å². The SMILES string of the molecule is O=C(c1sccc1I)N1CCCO1. The topological polar surface area (TPSA) is 29.5 Å². The molecule has 0 aliphatic carbocycles. The van der Waals surface area contributed by atoms with Crippen molar-refractivity contribution < 1.29 is 9.63 Å². The van der Waals surface area contributed by atoms with Gasteiger partial charge in [-0.3, -0.25) is 9.63 Å². The molecule has 0 bridgehead atoms. The van der Waals surface area contributed by atoms with E-state index in [4.69, 9.17) is 4.84 Å². The maximum atomic E-state index is 11.7. The van der Waals surface area contributed by atoms with E-state index in [1.54, 1.807) is 0 Å². The van der Waals surface area contributed by atoms with E-state index >= 15 is 0 Å². The van der Waals surface area contributed by atoms with Gasteiger partial charge in [0.1, 0.15) is 4.88 Å². The molecule has 0 spiro atoms. The molecule has 0 aromatic carbocycles. The highest BCUT2D eigenvalue weighted by atomic mass is 127. The zero-order valence-electron chi connectivity index (χ0n) is 6.83. The highest BCUT2D eigenvalue weighted by Crippen LogP contribution is 2.22. The second-order valence-electron chi connectivity index (χ2n) is 2.69. The van der Waals surface area contributed by atoms with Gasteiger partial charge in [-0.25, -0.2) is 5.06 Å². The Balaban J connectivity index is 2.17. The fourth-order valence-corrected chi connectivity index (χ4v) is 2.93. The molecule has 1 fully saturated rings. The third kappa shape index (κ3) is 1.87. The molecule has 1 aromatic rings. The Labute approximate surface area is 93.8 Å². The molecule has 1 aromatic heterocycles. The molecule has 5 heteroatoms. The van der Waals surface area contributed by atoms with E-state index in [0.717, 1.165) is 14.9 Å². The lowest BCUT2D eigenvalue weighted by atomic mass is 10.4. The van der Waals surface area contributed by atoms with Gasteiger partial charge in [-0.15, -0.1) is 11.3 Å². The van der Waals surface area contributed by atoms with Gasteiger partial charge in [0.05, 0.1) is 13.2 Å². The Morgan fingerprint density at radius 3 is 3.08 bits per heavy atom. The lowest BCUT2D eigenvalue weighted by Crippen LogP contribution is -2.26. The summed E-state index contributed by atoms with van der Waals surface area (Å²) in [5.74, 6) is -0.00287. The van der Waals surface area contributed by atoms with Crippen LogP contribution in [0.2, 0.25) is 0 Å². The fourth-order valence-electron chi connectivity index (χ4n) is 1.17. The van der Waals surface area contributed by atoms with Crippen LogP contribution in [0.1, 0.15) is 16.1 Å². The summed E-state index contributed by atoms with van der Waals surface area (Å²) in [6.45, 7) is 1.38. The number of thiophene rings is 1. The Bertz CT molecular complexity index is 320. The molecule has 3 nitrogen and oxygen atoms in total. The molecule has 1 amide bonds. The maximum Gasteiger partial charge on any atom is 0.288 e. The largest absolute Gasteiger partial charge is 0.288 e. The zero-order valence-corrected chi connectivity index (χ0v) is 9.80. The molecule has 2 heterocycles. The molecule has 70 valence electrons. The fraction of sp³-hybridized carbons (Fsp3) is 0.375. The molecular formula is C8H8INO2S. The quantitative estimate of drug-likeness (QED) is 0.744. The van der Waals surface area contributed by atoms with Crippen LogP contribution in [0.5, 0.6) is 0 Å². The average Bonchev–Trinajstić information content (AvgIpc) is 2.72. The van der Waals surface area contributed by atoms with E-state index in [9.17, 15) is 4.79 Å². The molecular weight excluding hydrogens is 301 g/mol. The van der Waals surface area contributed by atoms with Gasteiger partial charge in [0.15, 0.2) is 0 Å². The minimum atomic E-state index is -0.00287. The first-order valence-electron chi connectivity index (χ1n) is 3.97. The first kappa shape index (κ1) is 9.42. The third-order valence-corrected chi connectivity index (χ3v) is 3.96. The minimum Gasteiger partial charge on any atom is -0.271 e. The molecule has 0 radical (unpaired) electrons. The summed E-state index contributed by atoms with van der Waals surface area (Å²) in [6.07, 6.45) is 0.938. The highest BCUT2D eigenvalue weighted by molar-refractivity contribution is 14.1. The Morgan fingerprint density at radius 1 is 1.69 bits per heavy atom. The minimum absolute atomic E-state index is 0.00287. The van der Waals surface area contributed by atoms with Gasteiger partial charge < -0.3 is 0 Å². The Kier molecular flexibility index (Phi) is 2.85. The van der Waals surface area contributed by atoms with Crippen molar-refractivity contribution in [2.24, 2.45) is 0 Å². The van der Waals surface area contributed by atoms with Gasteiger partial charge in [0.25, 0.3) is 5.91 Å². The van der Waals surface area contributed by atoms with Crippen LogP contribution in [-0.4, -0.2) is 24.1 Å². The van der Waals surface area contributed by atoms with Crippen molar-refractivity contribution in [3.8, 4) is 0 Å². The number of amides is 1. The smallest absolute Gasteiger partial charge is 0.271 e. The van der Waals surface area contributed by atoms with Crippen LogP contribution in [0.4, 0.5) is 0 Å². The number of carbonyl (C=O) groups excluding carboxylic acids is 1. The number of hydroxylamine groups is 2. The van der Waals surface area contributed by atoms with E-state index in [1.807, 2.05) is 11.4 Å². The summed E-state index contributed by atoms with van der Waals surface area (Å²) in [4.78, 5) is 17.7. The van der Waals surface area contributed by atoms with E-state index in [-0.39, 0.29) is 5.91 Å². The number of nitrogens with zero attached hydrogens (tertiary/aromatic N) is 1. The monoisotopic (exact) mass is 309 g/mol. The highest BCUT2D eigenvalue weighted by Gasteiger charge is 2.23. The van der Waals surface area contributed by atoms with Gasteiger partial charge in [0.2, 0.25) is 0 Å². The van der Waals surface area contributed by atoms with Gasteiger partial charge in [0, 0.05) is 3.57 Å². The molecule has 0 unspecified atom stereocenters.